The largest absolute Gasteiger partial charge is 0.387 e. The summed E-state index contributed by atoms with van der Waals surface area (Å²) >= 11 is 1.88. The van der Waals surface area contributed by atoms with E-state index < -0.39 is 0 Å². The molecule has 0 amide bonds. The van der Waals surface area contributed by atoms with Crippen LogP contribution in [0.1, 0.15) is 26.2 Å². The van der Waals surface area contributed by atoms with Crippen LogP contribution in [0.4, 0.5) is 0 Å². The number of amidine groups is 1. The Balaban J connectivity index is 2.04. The minimum atomic E-state index is 0.581. The predicted molar refractivity (Wildman–Crippen MR) is 52.3 cm³/mol. The summed E-state index contributed by atoms with van der Waals surface area (Å²) in [6, 6.07) is 0.581. The summed E-state index contributed by atoms with van der Waals surface area (Å²) in [6.07, 6.45) is 3.72. The van der Waals surface area contributed by atoms with Crippen LogP contribution < -0.4 is 5.73 Å². The van der Waals surface area contributed by atoms with Crippen LogP contribution in [-0.4, -0.2) is 23.4 Å². The molecule has 0 spiro atoms. The molecule has 3 heteroatoms. The molecule has 1 aliphatic carbocycles. The summed E-state index contributed by atoms with van der Waals surface area (Å²) in [5.74, 6) is 2.96. The third-order valence-electron chi connectivity index (χ3n) is 1.49. The lowest BCUT2D eigenvalue weighted by molar-refractivity contribution is 1.06. The van der Waals surface area contributed by atoms with Gasteiger partial charge in [0.1, 0.15) is 5.84 Å². The second-order valence-corrected chi connectivity index (χ2v) is 4.01. The maximum absolute atomic E-state index is 5.68. The number of hydrogen-bond donors (Lipinski definition) is 1. The van der Waals surface area contributed by atoms with E-state index in [9.17, 15) is 0 Å². The van der Waals surface area contributed by atoms with Crippen molar-refractivity contribution in [3.05, 3.63) is 0 Å². The highest BCUT2D eigenvalue weighted by molar-refractivity contribution is 7.99. The fraction of sp³-hybridized carbons (Fsp3) is 0.875. The van der Waals surface area contributed by atoms with E-state index in [1.165, 1.54) is 25.0 Å². The van der Waals surface area contributed by atoms with E-state index in [1.807, 2.05) is 11.8 Å². The van der Waals surface area contributed by atoms with Crippen LogP contribution in [-0.2, 0) is 0 Å². The summed E-state index contributed by atoms with van der Waals surface area (Å²) in [7, 11) is 0. The first-order valence-electron chi connectivity index (χ1n) is 4.22. The van der Waals surface area contributed by atoms with Gasteiger partial charge in [-0.05, 0) is 25.0 Å². The smallest absolute Gasteiger partial charge is 0.104 e. The molecule has 0 unspecified atom stereocenters. The van der Waals surface area contributed by atoms with Gasteiger partial charge in [-0.1, -0.05) is 6.92 Å². The SMILES string of the molecule is CCCSCC(N)=NC1CC1. The van der Waals surface area contributed by atoms with Crippen LogP contribution in [0.3, 0.4) is 0 Å². The molecule has 1 fully saturated rings. The van der Waals surface area contributed by atoms with Crippen LogP contribution >= 0.6 is 11.8 Å². The van der Waals surface area contributed by atoms with Crippen molar-refractivity contribution >= 4 is 17.6 Å². The minimum Gasteiger partial charge on any atom is -0.387 e. The molecule has 1 aliphatic rings. The molecule has 0 radical (unpaired) electrons. The first-order chi connectivity index (χ1) is 5.33. The van der Waals surface area contributed by atoms with Gasteiger partial charge in [-0.15, -0.1) is 0 Å². The summed E-state index contributed by atoms with van der Waals surface area (Å²) in [4.78, 5) is 4.33. The molecular weight excluding hydrogens is 156 g/mol. The Morgan fingerprint density at radius 3 is 2.91 bits per heavy atom. The molecule has 0 atom stereocenters. The normalized spacial score (nSPS) is 18.8. The zero-order valence-corrected chi connectivity index (χ0v) is 7.86. The molecule has 0 saturated heterocycles. The van der Waals surface area contributed by atoms with Gasteiger partial charge in [-0.3, -0.25) is 4.99 Å². The van der Waals surface area contributed by atoms with Gasteiger partial charge in [0.2, 0.25) is 0 Å². The van der Waals surface area contributed by atoms with E-state index in [4.69, 9.17) is 5.73 Å². The third kappa shape index (κ3) is 4.30. The standard InChI is InChI=1S/C8H16N2S/c1-2-5-11-6-8(9)10-7-3-4-7/h7H,2-6H2,1H3,(H2,9,10). The maximum Gasteiger partial charge on any atom is 0.104 e. The summed E-state index contributed by atoms with van der Waals surface area (Å²) < 4.78 is 0. The zero-order chi connectivity index (χ0) is 8.10. The number of hydrogen-bond acceptors (Lipinski definition) is 2. The lowest BCUT2D eigenvalue weighted by atomic mass is 10.6. The molecule has 1 saturated carbocycles. The van der Waals surface area contributed by atoms with Crippen molar-refractivity contribution < 1.29 is 0 Å². The van der Waals surface area contributed by atoms with E-state index >= 15 is 0 Å². The highest BCUT2D eigenvalue weighted by Crippen LogP contribution is 2.23. The van der Waals surface area contributed by atoms with Crippen LogP contribution in [0.5, 0.6) is 0 Å². The van der Waals surface area contributed by atoms with Gasteiger partial charge in [0.15, 0.2) is 0 Å². The van der Waals surface area contributed by atoms with Crippen LogP contribution in [0.2, 0.25) is 0 Å². The van der Waals surface area contributed by atoms with Gasteiger partial charge in [0.25, 0.3) is 0 Å². The molecule has 64 valence electrons. The molecule has 2 N–H and O–H groups in total. The summed E-state index contributed by atoms with van der Waals surface area (Å²) in [6.45, 7) is 2.18. The molecule has 2 nitrogen and oxygen atoms in total. The van der Waals surface area contributed by atoms with Crippen molar-refractivity contribution in [3.63, 3.8) is 0 Å². The van der Waals surface area contributed by atoms with Crippen LogP contribution in [0.25, 0.3) is 0 Å². The lowest BCUT2D eigenvalue weighted by Crippen LogP contribution is -2.15. The van der Waals surface area contributed by atoms with Crippen molar-refractivity contribution in [3.8, 4) is 0 Å². The first kappa shape index (κ1) is 8.91. The highest BCUT2D eigenvalue weighted by Gasteiger charge is 2.20. The van der Waals surface area contributed by atoms with E-state index in [0.717, 1.165) is 11.6 Å². The monoisotopic (exact) mass is 172 g/mol. The topological polar surface area (TPSA) is 38.4 Å². The van der Waals surface area contributed by atoms with Gasteiger partial charge >= 0.3 is 0 Å². The Morgan fingerprint density at radius 2 is 2.36 bits per heavy atom. The van der Waals surface area contributed by atoms with Gasteiger partial charge in [0, 0.05) is 0 Å². The fourth-order valence-corrected chi connectivity index (χ4v) is 1.51. The van der Waals surface area contributed by atoms with E-state index in [0.29, 0.717) is 6.04 Å². The second-order valence-electron chi connectivity index (χ2n) is 2.90. The van der Waals surface area contributed by atoms with E-state index in [-0.39, 0.29) is 0 Å². The van der Waals surface area contributed by atoms with Gasteiger partial charge in [-0.2, -0.15) is 11.8 Å². The number of nitrogens with two attached hydrogens (primary N) is 1. The molecule has 0 aromatic carbocycles. The average Bonchev–Trinajstić information content (AvgIpc) is 2.72. The number of thioether (sulfide) groups is 1. The Kier molecular flexibility index (Phi) is 3.77. The average molecular weight is 172 g/mol. The van der Waals surface area contributed by atoms with Crippen molar-refractivity contribution in [2.75, 3.05) is 11.5 Å². The quantitative estimate of drug-likeness (QED) is 0.389. The highest BCUT2D eigenvalue weighted by atomic mass is 32.2. The maximum atomic E-state index is 5.68. The molecular formula is C8H16N2S. The molecule has 0 aliphatic heterocycles. The van der Waals surface area contributed by atoms with E-state index in [2.05, 4.69) is 11.9 Å². The molecule has 0 aromatic rings. The van der Waals surface area contributed by atoms with E-state index in [1.54, 1.807) is 0 Å². The number of nitrogens with zero attached hydrogens (tertiary/aromatic N) is 1. The summed E-state index contributed by atoms with van der Waals surface area (Å²) in [5, 5.41) is 0. The molecule has 1 rings (SSSR count). The Bertz CT molecular complexity index is 141. The van der Waals surface area contributed by atoms with Crippen molar-refractivity contribution in [2.45, 2.75) is 32.2 Å². The first-order valence-corrected chi connectivity index (χ1v) is 5.38. The van der Waals surface area contributed by atoms with Crippen LogP contribution in [0.15, 0.2) is 4.99 Å². The van der Waals surface area contributed by atoms with Gasteiger partial charge < -0.3 is 5.73 Å². The van der Waals surface area contributed by atoms with Gasteiger partial charge in [0.05, 0.1) is 11.8 Å². The van der Waals surface area contributed by atoms with Crippen LogP contribution in [0, 0.1) is 0 Å². The molecule has 0 heterocycles. The molecule has 11 heavy (non-hydrogen) atoms. The third-order valence-corrected chi connectivity index (χ3v) is 2.69. The Labute approximate surface area is 72.6 Å². The minimum absolute atomic E-state index is 0.581. The fourth-order valence-electron chi connectivity index (χ4n) is 0.796. The number of aliphatic imine (C=N–C) groups is 1. The van der Waals surface area contributed by atoms with Crippen molar-refractivity contribution in [2.24, 2.45) is 10.7 Å². The molecule has 0 aromatic heterocycles. The lowest BCUT2D eigenvalue weighted by Gasteiger charge is -1.98. The van der Waals surface area contributed by atoms with Crippen molar-refractivity contribution in [1.82, 2.24) is 0 Å². The Hall–Kier alpha value is -0.180. The van der Waals surface area contributed by atoms with Gasteiger partial charge in [-0.25, -0.2) is 0 Å². The second kappa shape index (κ2) is 4.65. The Morgan fingerprint density at radius 1 is 1.64 bits per heavy atom. The zero-order valence-electron chi connectivity index (χ0n) is 7.05. The number of rotatable bonds is 5. The van der Waals surface area contributed by atoms with Crippen molar-refractivity contribution in [1.29, 1.82) is 0 Å². The molecule has 0 bridgehead atoms. The summed E-state index contributed by atoms with van der Waals surface area (Å²) in [5.41, 5.74) is 5.68. The predicted octanol–water partition coefficient (Wildman–Crippen LogP) is 1.65.